The molecule has 6 nitrogen and oxygen atoms in total. The van der Waals surface area contributed by atoms with Gasteiger partial charge in [-0.15, -0.1) is 0 Å². The second-order valence-electron chi connectivity index (χ2n) is 5.81. The molecule has 21 heavy (non-hydrogen) atoms. The van der Waals surface area contributed by atoms with Gasteiger partial charge in [-0.2, -0.15) is 0 Å². The van der Waals surface area contributed by atoms with Crippen LogP contribution in [-0.2, 0) is 0 Å². The summed E-state index contributed by atoms with van der Waals surface area (Å²) in [5.41, 5.74) is 4.63. The molecule has 0 bridgehead atoms. The molecule has 3 aromatic heterocycles. The van der Waals surface area contributed by atoms with E-state index in [9.17, 15) is 0 Å². The molecule has 1 aliphatic rings. The van der Waals surface area contributed by atoms with E-state index in [1.807, 2.05) is 19.3 Å². The number of hydrogen-bond donors (Lipinski definition) is 1. The Balaban J connectivity index is 1.86. The summed E-state index contributed by atoms with van der Waals surface area (Å²) < 4.78 is 6.86. The fraction of sp³-hybridized carbons (Fsp3) is 0.400. The van der Waals surface area contributed by atoms with Crippen LogP contribution in [0.3, 0.4) is 0 Å². The topological polar surface area (TPSA) is 60.7 Å². The molecule has 1 fully saturated rings. The highest BCUT2D eigenvalue weighted by Crippen LogP contribution is 2.26. The first-order valence-electron chi connectivity index (χ1n) is 7.33. The van der Waals surface area contributed by atoms with E-state index in [0.717, 1.165) is 22.7 Å². The van der Waals surface area contributed by atoms with Crippen molar-refractivity contribution in [2.24, 2.45) is 0 Å². The van der Waals surface area contributed by atoms with Crippen LogP contribution in [0.25, 0.3) is 17.0 Å². The molecule has 0 saturated carbocycles. The van der Waals surface area contributed by atoms with Crippen LogP contribution in [-0.4, -0.2) is 33.3 Å². The summed E-state index contributed by atoms with van der Waals surface area (Å²) in [7, 11) is 2.26. The van der Waals surface area contributed by atoms with Crippen molar-refractivity contribution in [3.8, 4) is 11.4 Å². The Morgan fingerprint density at radius 1 is 1.38 bits per heavy atom. The molecule has 1 unspecified atom stereocenters. The van der Waals surface area contributed by atoms with Crippen molar-refractivity contribution in [1.82, 2.24) is 19.7 Å². The van der Waals surface area contributed by atoms with Crippen molar-refractivity contribution in [2.75, 3.05) is 13.6 Å². The number of hydrogen-bond acceptors (Lipinski definition) is 4. The minimum atomic E-state index is 0.528. The molecule has 1 aliphatic heterocycles. The van der Waals surface area contributed by atoms with E-state index in [-0.39, 0.29) is 0 Å². The van der Waals surface area contributed by atoms with Crippen molar-refractivity contribution >= 4 is 5.65 Å². The van der Waals surface area contributed by atoms with E-state index in [1.54, 1.807) is 4.90 Å². The molecule has 0 radical (unpaired) electrons. The first kappa shape index (κ1) is 12.5. The van der Waals surface area contributed by atoms with Crippen LogP contribution in [0.15, 0.2) is 29.2 Å². The molecular formula is C15H18N5O+. The minimum Gasteiger partial charge on any atom is -0.331 e. The zero-order chi connectivity index (χ0) is 14.4. The van der Waals surface area contributed by atoms with Crippen molar-refractivity contribution in [2.45, 2.75) is 25.8 Å². The van der Waals surface area contributed by atoms with Crippen LogP contribution in [0, 0.1) is 6.92 Å². The van der Waals surface area contributed by atoms with Gasteiger partial charge in [0.2, 0.25) is 0 Å². The maximum atomic E-state index is 4.79. The molecule has 0 amide bonds. The van der Waals surface area contributed by atoms with Gasteiger partial charge in [0.25, 0.3) is 0 Å². The van der Waals surface area contributed by atoms with Gasteiger partial charge in [-0.3, -0.25) is 0 Å². The van der Waals surface area contributed by atoms with E-state index in [1.165, 1.54) is 24.9 Å². The van der Waals surface area contributed by atoms with Gasteiger partial charge in [-0.1, -0.05) is 5.16 Å². The molecule has 0 aromatic carbocycles. The van der Waals surface area contributed by atoms with Gasteiger partial charge < -0.3 is 9.30 Å². The lowest BCUT2D eigenvalue weighted by molar-refractivity contribution is -0.898. The maximum Gasteiger partial charge on any atom is 0.157 e. The number of nitrogens with one attached hydrogen (secondary N) is 1. The molecule has 3 aromatic rings. The van der Waals surface area contributed by atoms with Gasteiger partial charge in [0.05, 0.1) is 19.2 Å². The van der Waals surface area contributed by atoms with Crippen LogP contribution < -0.4 is 4.90 Å². The Hall–Kier alpha value is -2.21. The first-order valence-corrected chi connectivity index (χ1v) is 7.33. The predicted molar refractivity (Wildman–Crippen MR) is 76.9 cm³/mol. The second kappa shape index (κ2) is 4.66. The maximum absolute atomic E-state index is 4.79. The summed E-state index contributed by atoms with van der Waals surface area (Å²) >= 11 is 0. The monoisotopic (exact) mass is 284 g/mol. The average Bonchev–Trinajstić information content (AvgIpc) is 3.16. The molecule has 2 atom stereocenters. The van der Waals surface area contributed by atoms with Gasteiger partial charge in [-0.05, 0) is 24.2 Å². The zero-order valence-corrected chi connectivity index (χ0v) is 12.2. The molecule has 0 aliphatic carbocycles. The summed E-state index contributed by atoms with van der Waals surface area (Å²) in [4.78, 5) is 6.34. The average molecular weight is 284 g/mol. The van der Waals surface area contributed by atoms with Crippen molar-refractivity contribution in [1.29, 1.82) is 0 Å². The number of aryl methyl sites for hydroxylation is 1. The fourth-order valence-electron chi connectivity index (χ4n) is 3.31. The lowest BCUT2D eigenvalue weighted by Crippen LogP contribution is -3.07. The Morgan fingerprint density at radius 3 is 3.00 bits per heavy atom. The van der Waals surface area contributed by atoms with Crippen molar-refractivity contribution < 1.29 is 9.53 Å². The van der Waals surface area contributed by atoms with Gasteiger partial charge in [0.1, 0.15) is 23.1 Å². The standard InChI is InChI=1S/C15H17N5O/c1-10-14(18-21-17-10)12-9-20-8-3-5-11(15(20)16-12)13-6-4-7-19(13)2/h3,5,8-9,13H,4,6-7H2,1-2H3/p+1/t13-/m0/s1. The summed E-state index contributed by atoms with van der Waals surface area (Å²) in [6, 6.07) is 4.81. The first-order chi connectivity index (χ1) is 10.2. The number of imidazole rings is 1. The van der Waals surface area contributed by atoms with Gasteiger partial charge in [-0.25, -0.2) is 9.61 Å². The fourth-order valence-corrected chi connectivity index (χ4v) is 3.31. The third-order valence-electron chi connectivity index (χ3n) is 4.44. The number of rotatable bonds is 2. The largest absolute Gasteiger partial charge is 0.331 e. The summed E-state index contributed by atoms with van der Waals surface area (Å²) in [6.07, 6.45) is 6.52. The van der Waals surface area contributed by atoms with Crippen LogP contribution in [0.5, 0.6) is 0 Å². The molecule has 0 spiro atoms. The van der Waals surface area contributed by atoms with Gasteiger partial charge in [0.15, 0.2) is 5.69 Å². The van der Waals surface area contributed by atoms with E-state index < -0.39 is 0 Å². The second-order valence-corrected chi connectivity index (χ2v) is 5.81. The predicted octanol–water partition coefficient (Wildman–Crippen LogP) is 1.04. The van der Waals surface area contributed by atoms with Crippen LogP contribution >= 0.6 is 0 Å². The SMILES string of the molecule is Cc1nonc1-c1cn2cccc([C@@H]3CCC[NH+]3C)c2n1. The Kier molecular flexibility index (Phi) is 2.78. The van der Waals surface area contributed by atoms with Crippen molar-refractivity contribution in [3.05, 3.63) is 35.8 Å². The van der Waals surface area contributed by atoms with Crippen LogP contribution in [0.4, 0.5) is 0 Å². The van der Waals surface area contributed by atoms with Crippen LogP contribution in [0.1, 0.15) is 30.1 Å². The van der Waals surface area contributed by atoms with E-state index in [4.69, 9.17) is 9.61 Å². The molecular weight excluding hydrogens is 266 g/mol. The molecule has 108 valence electrons. The highest BCUT2D eigenvalue weighted by atomic mass is 16.6. The normalized spacial score (nSPS) is 22.2. The number of pyridine rings is 1. The molecule has 6 heteroatoms. The minimum absolute atomic E-state index is 0.528. The highest BCUT2D eigenvalue weighted by Gasteiger charge is 2.29. The van der Waals surface area contributed by atoms with Gasteiger partial charge >= 0.3 is 0 Å². The Morgan fingerprint density at radius 2 is 2.29 bits per heavy atom. The quantitative estimate of drug-likeness (QED) is 0.764. The third kappa shape index (κ3) is 1.94. The van der Waals surface area contributed by atoms with E-state index in [2.05, 4.69) is 33.9 Å². The van der Waals surface area contributed by atoms with Crippen molar-refractivity contribution in [3.63, 3.8) is 0 Å². The molecule has 1 saturated heterocycles. The molecule has 1 N–H and O–H groups in total. The highest BCUT2D eigenvalue weighted by molar-refractivity contribution is 5.62. The van der Waals surface area contributed by atoms with E-state index >= 15 is 0 Å². The summed E-state index contributed by atoms with van der Waals surface area (Å²) in [5.74, 6) is 0. The number of likely N-dealkylation sites (tertiary alicyclic amines) is 1. The summed E-state index contributed by atoms with van der Waals surface area (Å²) in [6.45, 7) is 3.11. The lowest BCUT2D eigenvalue weighted by atomic mass is 10.1. The van der Waals surface area contributed by atoms with Gasteiger partial charge in [0, 0.05) is 25.2 Å². The van der Waals surface area contributed by atoms with Crippen LogP contribution in [0.2, 0.25) is 0 Å². The van der Waals surface area contributed by atoms with E-state index in [0.29, 0.717) is 6.04 Å². The third-order valence-corrected chi connectivity index (χ3v) is 4.44. The number of fused-ring (bicyclic) bond motifs is 1. The summed E-state index contributed by atoms with van der Waals surface area (Å²) in [5, 5.41) is 7.79. The number of nitrogens with zero attached hydrogens (tertiary/aromatic N) is 4. The number of quaternary nitrogens is 1. The Labute approximate surface area is 122 Å². The Bertz CT molecular complexity index is 790. The number of aromatic nitrogens is 4. The molecule has 4 rings (SSSR count). The lowest BCUT2D eigenvalue weighted by Gasteiger charge is -2.17. The smallest absolute Gasteiger partial charge is 0.157 e. The zero-order valence-electron chi connectivity index (χ0n) is 12.2. The molecule has 4 heterocycles.